The van der Waals surface area contributed by atoms with Crippen molar-refractivity contribution in [3.05, 3.63) is 77.7 Å². The van der Waals surface area contributed by atoms with E-state index in [1.165, 1.54) is 12.4 Å². The second-order valence-electron chi connectivity index (χ2n) is 5.63. The minimum atomic E-state index is -0.303. The number of benzene rings is 2. The van der Waals surface area contributed by atoms with Gasteiger partial charge >= 0.3 is 0 Å². The monoisotopic (exact) mass is 359 g/mol. The molecular weight excluding hydrogens is 342 g/mol. The number of amides is 1. The third kappa shape index (κ3) is 4.80. The lowest BCUT2D eigenvalue weighted by Crippen LogP contribution is -2.24. The van der Waals surface area contributed by atoms with E-state index in [0.29, 0.717) is 17.9 Å². The molecule has 0 saturated heterocycles. The molecule has 1 amide bonds. The topological polar surface area (TPSA) is 99.9 Å². The number of ether oxygens (including phenoxy) is 1. The number of methoxy groups -OCH3 is 1. The number of hydrogen-bond acceptors (Lipinski definition) is 6. The van der Waals surface area contributed by atoms with Crippen molar-refractivity contribution >= 4 is 17.4 Å². The number of nitrogens with zero attached hydrogens (tertiary/aromatic N) is 3. The smallest absolute Gasteiger partial charge is 0.271 e. The van der Waals surface area contributed by atoms with Gasteiger partial charge in [0.25, 0.3) is 5.91 Å². The van der Waals surface area contributed by atoms with Gasteiger partial charge in [-0.15, -0.1) is 0 Å². The molecule has 0 radical (unpaired) electrons. The maximum atomic E-state index is 12.2. The highest BCUT2D eigenvalue weighted by atomic mass is 16.5. The Bertz CT molecular complexity index is 946. The molecule has 7 heteroatoms. The fourth-order valence-electron chi connectivity index (χ4n) is 2.30. The summed E-state index contributed by atoms with van der Waals surface area (Å²) in [6, 6.07) is 16.5. The fourth-order valence-corrected chi connectivity index (χ4v) is 2.30. The molecule has 7 nitrogen and oxygen atoms in total. The quantitative estimate of drug-likeness (QED) is 0.702. The van der Waals surface area contributed by atoms with Gasteiger partial charge in [0.15, 0.2) is 0 Å². The van der Waals surface area contributed by atoms with E-state index in [9.17, 15) is 4.79 Å². The van der Waals surface area contributed by atoms with Gasteiger partial charge in [0.05, 0.1) is 31.1 Å². The summed E-state index contributed by atoms with van der Waals surface area (Å²) in [6.07, 6.45) is 2.90. The second kappa shape index (κ2) is 8.45. The van der Waals surface area contributed by atoms with Gasteiger partial charge in [-0.05, 0) is 42.0 Å². The first-order valence-corrected chi connectivity index (χ1v) is 8.18. The Balaban J connectivity index is 1.56. The van der Waals surface area contributed by atoms with E-state index < -0.39 is 0 Å². The lowest BCUT2D eigenvalue weighted by atomic mass is 10.2. The number of nitrogens with one attached hydrogen (secondary N) is 2. The van der Waals surface area contributed by atoms with Gasteiger partial charge in [0.2, 0.25) is 0 Å². The molecule has 3 aromatic rings. The predicted octanol–water partition coefficient (Wildman–Crippen LogP) is 3.03. The third-order valence-corrected chi connectivity index (χ3v) is 3.78. The van der Waals surface area contributed by atoms with E-state index in [4.69, 9.17) is 10.00 Å². The van der Waals surface area contributed by atoms with Crippen LogP contribution in [0.15, 0.2) is 60.9 Å². The Morgan fingerprint density at radius 1 is 1.07 bits per heavy atom. The van der Waals surface area contributed by atoms with E-state index in [0.717, 1.165) is 17.0 Å². The van der Waals surface area contributed by atoms with Crippen molar-refractivity contribution in [1.82, 2.24) is 15.3 Å². The number of rotatable bonds is 6. The third-order valence-electron chi connectivity index (χ3n) is 3.78. The van der Waals surface area contributed by atoms with Crippen molar-refractivity contribution in [3.8, 4) is 11.8 Å². The molecule has 0 fully saturated rings. The van der Waals surface area contributed by atoms with E-state index in [2.05, 4.69) is 26.7 Å². The highest BCUT2D eigenvalue weighted by Gasteiger charge is 2.08. The van der Waals surface area contributed by atoms with Crippen molar-refractivity contribution in [2.45, 2.75) is 6.54 Å². The standard InChI is InChI=1S/C20H17N5O2/c1-27-17-8-4-15(5-9-17)11-24-20(26)18-12-23-19(13-22-18)25-16-6-2-14(10-21)3-7-16/h2-9,12-13H,11H2,1H3,(H,23,25)(H,24,26). The molecule has 0 aliphatic carbocycles. The van der Waals surface area contributed by atoms with Gasteiger partial charge in [-0.3, -0.25) is 4.79 Å². The number of carbonyl (C=O) groups is 1. The first-order valence-electron chi connectivity index (χ1n) is 8.18. The molecule has 1 heterocycles. The summed E-state index contributed by atoms with van der Waals surface area (Å²) in [7, 11) is 1.61. The largest absolute Gasteiger partial charge is 0.497 e. The van der Waals surface area contributed by atoms with Gasteiger partial charge in [-0.2, -0.15) is 5.26 Å². The zero-order valence-corrected chi connectivity index (χ0v) is 14.6. The summed E-state index contributed by atoms with van der Waals surface area (Å²) in [5.41, 5.74) is 2.54. The predicted molar refractivity (Wildman–Crippen MR) is 101 cm³/mol. The fraction of sp³-hybridized carbons (Fsp3) is 0.100. The summed E-state index contributed by atoms with van der Waals surface area (Å²) in [4.78, 5) is 20.5. The van der Waals surface area contributed by atoms with Gasteiger partial charge in [0.1, 0.15) is 17.3 Å². The second-order valence-corrected chi connectivity index (χ2v) is 5.63. The Morgan fingerprint density at radius 2 is 1.81 bits per heavy atom. The molecular formula is C20H17N5O2. The van der Waals surface area contributed by atoms with Crippen LogP contribution in [0.1, 0.15) is 21.6 Å². The highest BCUT2D eigenvalue weighted by Crippen LogP contribution is 2.14. The van der Waals surface area contributed by atoms with Gasteiger partial charge in [0, 0.05) is 12.2 Å². The van der Waals surface area contributed by atoms with Crippen LogP contribution in [0.5, 0.6) is 5.75 Å². The summed E-state index contributed by atoms with van der Waals surface area (Å²) in [6.45, 7) is 0.385. The molecule has 0 spiro atoms. The minimum absolute atomic E-state index is 0.230. The van der Waals surface area contributed by atoms with Crippen LogP contribution in [-0.4, -0.2) is 23.0 Å². The number of carbonyl (C=O) groups excluding carboxylic acids is 1. The normalized spacial score (nSPS) is 9.93. The maximum Gasteiger partial charge on any atom is 0.271 e. The zero-order valence-electron chi connectivity index (χ0n) is 14.6. The van der Waals surface area contributed by atoms with Crippen LogP contribution >= 0.6 is 0 Å². The molecule has 0 aliphatic rings. The van der Waals surface area contributed by atoms with Crippen LogP contribution in [0.2, 0.25) is 0 Å². The van der Waals surface area contributed by atoms with Crippen LogP contribution in [0.3, 0.4) is 0 Å². The van der Waals surface area contributed by atoms with Crippen LogP contribution in [0.4, 0.5) is 11.5 Å². The van der Waals surface area contributed by atoms with Crippen molar-refractivity contribution < 1.29 is 9.53 Å². The van der Waals surface area contributed by atoms with Gasteiger partial charge in [-0.25, -0.2) is 9.97 Å². The van der Waals surface area contributed by atoms with E-state index in [1.807, 2.05) is 24.3 Å². The Kier molecular flexibility index (Phi) is 5.60. The molecule has 3 rings (SSSR count). The molecule has 2 aromatic carbocycles. The Labute approximate surface area is 156 Å². The zero-order chi connectivity index (χ0) is 19.1. The molecule has 0 saturated carbocycles. The first kappa shape index (κ1) is 17.9. The number of hydrogen-bond donors (Lipinski definition) is 2. The summed E-state index contributed by atoms with van der Waals surface area (Å²) >= 11 is 0. The highest BCUT2D eigenvalue weighted by molar-refractivity contribution is 5.92. The average Bonchev–Trinajstić information content (AvgIpc) is 2.73. The number of anilines is 2. The van der Waals surface area contributed by atoms with E-state index in [-0.39, 0.29) is 11.6 Å². The summed E-state index contributed by atoms with van der Waals surface area (Å²) in [5.74, 6) is 0.968. The molecule has 0 aliphatic heterocycles. The van der Waals surface area contributed by atoms with Crippen molar-refractivity contribution in [1.29, 1.82) is 5.26 Å². The number of nitriles is 1. The van der Waals surface area contributed by atoms with Crippen LogP contribution in [0, 0.1) is 11.3 Å². The average molecular weight is 359 g/mol. The number of aromatic nitrogens is 2. The SMILES string of the molecule is COc1ccc(CNC(=O)c2cnc(Nc3ccc(C#N)cc3)cn2)cc1. The van der Waals surface area contributed by atoms with Gasteiger partial charge in [-0.1, -0.05) is 12.1 Å². The summed E-state index contributed by atoms with van der Waals surface area (Å²) < 4.78 is 5.10. The van der Waals surface area contributed by atoms with Crippen LogP contribution < -0.4 is 15.4 Å². The molecule has 27 heavy (non-hydrogen) atoms. The first-order chi connectivity index (χ1) is 13.2. The molecule has 1 aromatic heterocycles. The van der Waals surface area contributed by atoms with Gasteiger partial charge < -0.3 is 15.4 Å². The molecule has 134 valence electrons. The summed E-state index contributed by atoms with van der Waals surface area (Å²) in [5, 5.41) is 14.7. The molecule has 2 N–H and O–H groups in total. The van der Waals surface area contributed by atoms with Crippen molar-refractivity contribution in [3.63, 3.8) is 0 Å². The van der Waals surface area contributed by atoms with Crippen molar-refractivity contribution in [2.75, 3.05) is 12.4 Å². The van der Waals surface area contributed by atoms with Crippen LogP contribution in [0.25, 0.3) is 0 Å². The molecule has 0 bridgehead atoms. The van der Waals surface area contributed by atoms with Crippen molar-refractivity contribution in [2.24, 2.45) is 0 Å². The lowest BCUT2D eigenvalue weighted by Gasteiger charge is -2.07. The maximum absolute atomic E-state index is 12.2. The lowest BCUT2D eigenvalue weighted by molar-refractivity contribution is 0.0945. The Morgan fingerprint density at radius 3 is 2.41 bits per heavy atom. The Hall–Kier alpha value is -3.92. The van der Waals surface area contributed by atoms with E-state index in [1.54, 1.807) is 31.4 Å². The van der Waals surface area contributed by atoms with E-state index >= 15 is 0 Å². The minimum Gasteiger partial charge on any atom is -0.497 e. The molecule has 0 atom stereocenters. The molecule has 0 unspecified atom stereocenters. The van der Waals surface area contributed by atoms with Crippen LogP contribution in [-0.2, 0) is 6.54 Å².